The Morgan fingerprint density at radius 3 is 2.54 bits per heavy atom. The van der Waals surface area contributed by atoms with Crippen LogP contribution in [0.3, 0.4) is 0 Å². The summed E-state index contributed by atoms with van der Waals surface area (Å²) in [7, 11) is 0. The van der Waals surface area contributed by atoms with Crippen LogP contribution in [0.1, 0.15) is 16.1 Å². The largest absolute Gasteiger partial charge is 0.435 e. The standard InChI is InChI=1S/C17H18F2N2O3/c18-17(19)24-15-6-4-13(5-7-15)16(23)21-10-12(11-22)9-14-3-1-2-8-20-14/h1-8,12,17,22H,9-11H2,(H,21,23). The minimum Gasteiger partial charge on any atom is -0.435 e. The van der Waals surface area contributed by atoms with Gasteiger partial charge >= 0.3 is 6.61 Å². The van der Waals surface area contributed by atoms with Crippen LogP contribution in [-0.2, 0) is 6.42 Å². The molecule has 24 heavy (non-hydrogen) atoms. The first-order valence-electron chi connectivity index (χ1n) is 7.42. The molecule has 1 amide bonds. The second-order valence-corrected chi connectivity index (χ2v) is 5.19. The number of pyridine rings is 1. The molecule has 7 heteroatoms. The monoisotopic (exact) mass is 336 g/mol. The van der Waals surface area contributed by atoms with Crippen molar-refractivity contribution in [2.24, 2.45) is 5.92 Å². The van der Waals surface area contributed by atoms with Crippen LogP contribution in [0.5, 0.6) is 5.75 Å². The molecule has 0 spiro atoms. The predicted octanol–water partition coefficient (Wildman–Crippen LogP) is 2.26. The Labute approximate surface area is 138 Å². The minimum absolute atomic E-state index is 0.00932. The Kier molecular flexibility index (Phi) is 6.62. The second-order valence-electron chi connectivity index (χ2n) is 5.19. The van der Waals surface area contributed by atoms with E-state index in [9.17, 15) is 18.7 Å². The summed E-state index contributed by atoms with van der Waals surface area (Å²) in [5, 5.41) is 12.1. The van der Waals surface area contributed by atoms with E-state index in [2.05, 4.69) is 15.0 Å². The fourth-order valence-electron chi connectivity index (χ4n) is 2.14. The number of hydrogen-bond donors (Lipinski definition) is 2. The number of hydrogen-bond acceptors (Lipinski definition) is 4. The number of aromatic nitrogens is 1. The van der Waals surface area contributed by atoms with Gasteiger partial charge in [-0.25, -0.2) is 0 Å². The summed E-state index contributed by atoms with van der Waals surface area (Å²) in [6, 6.07) is 10.9. The van der Waals surface area contributed by atoms with Gasteiger partial charge in [0.15, 0.2) is 0 Å². The lowest BCUT2D eigenvalue weighted by Crippen LogP contribution is -2.32. The first-order chi connectivity index (χ1) is 11.6. The first kappa shape index (κ1) is 17.8. The number of carbonyl (C=O) groups excluding carboxylic acids is 1. The summed E-state index contributed by atoms with van der Waals surface area (Å²) in [5.74, 6) is -0.520. The van der Waals surface area contributed by atoms with Crippen LogP contribution >= 0.6 is 0 Å². The zero-order chi connectivity index (χ0) is 17.4. The van der Waals surface area contributed by atoms with Crippen molar-refractivity contribution in [3.05, 3.63) is 59.9 Å². The van der Waals surface area contributed by atoms with E-state index in [-0.39, 0.29) is 30.7 Å². The van der Waals surface area contributed by atoms with Crippen LogP contribution in [0.2, 0.25) is 0 Å². The lowest BCUT2D eigenvalue weighted by molar-refractivity contribution is -0.0498. The van der Waals surface area contributed by atoms with Crippen molar-refractivity contribution < 1.29 is 23.4 Å². The van der Waals surface area contributed by atoms with Crippen molar-refractivity contribution in [2.45, 2.75) is 13.0 Å². The highest BCUT2D eigenvalue weighted by molar-refractivity contribution is 5.94. The highest BCUT2D eigenvalue weighted by atomic mass is 19.3. The van der Waals surface area contributed by atoms with Crippen LogP contribution in [0.15, 0.2) is 48.7 Å². The van der Waals surface area contributed by atoms with E-state index in [0.717, 1.165) is 5.69 Å². The topological polar surface area (TPSA) is 71.5 Å². The molecule has 0 saturated heterocycles. The third-order valence-corrected chi connectivity index (χ3v) is 3.38. The predicted molar refractivity (Wildman–Crippen MR) is 83.9 cm³/mol. The van der Waals surface area contributed by atoms with E-state index in [1.54, 1.807) is 12.3 Å². The molecule has 5 nitrogen and oxygen atoms in total. The molecule has 128 valence electrons. The number of ether oxygens (including phenoxy) is 1. The van der Waals surface area contributed by atoms with Crippen molar-refractivity contribution >= 4 is 5.91 Å². The van der Waals surface area contributed by atoms with E-state index in [4.69, 9.17) is 0 Å². The maximum absolute atomic E-state index is 12.1. The molecular weight excluding hydrogens is 318 g/mol. The second kappa shape index (κ2) is 8.93. The van der Waals surface area contributed by atoms with Gasteiger partial charge < -0.3 is 15.2 Å². The highest BCUT2D eigenvalue weighted by Crippen LogP contribution is 2.15. The number of aliphatic hydroxyl groups excluding tert-OH is 1. The molecule has 1 aromatic carbocycles. The van der Waals surface area contributed by atoms with Gasteiger partial charge in [-0.3, -0.25) is 9.78 Å². The number of carbonyl (C=O) groups is 1. The van der Waals surface area contributed by atoms with Crippen LogP contribution in [0.4, 0.5) is 8.78 Å². The summed E-state index contributed by atoms with van der Waals surface area (Å²) >= 11 is 0. The number of amides is 1. The fraction of sp³-hybridized carbons (Fsp3) is 0.294. The number of halogens is 2. The summed E-state index contributed by atoms with van der Waals surface area (Å²) in [6.07, 6.45) is 2.21. The van der Waals surface area contributed by atoms with E-state index >= 15 is 0 Å². The molecule has 0 aliphatic heterocycles. The van der Waals surface area contributed by atoms with Gasteiger partial charge in [0.2, 0.25) is 0 Å². The molecule has 0 bridgehead atoms. The van der Waals surface area contributed by atoms with Crippen LogP contribution in [0.25, 0.3) is 0 Å². The minimum atomic E-state index is -2.90. The number of benzene rings is 1. The molecule has 0 fully saturated rings. The maximum atomic E-state index is 12.1. The number of nitrogens with zero attached hydrogens (tertiary/aromatic N) is 1. The first-order valence-corrected chi connectivity index (χ1v) is 7.42. The molecule has 1 aromatic heterocycles. The van der Waals surface area contributed by atoms with Gasteiger partial charge in [0.1, 0.15) is 5.75 Å². The normalized spacial score (nSPS) is 12.0. The van der Waals surface area contributed by atoms with E-state index in [1.807, 2.05) is 12.1 Å². The van der Waals surface area contributed by atoms with Gasteiger partial charge in [-0.15, -0.1) is 0 Å². The molecule has 2 rings (SSSR count). The van der Waals surface area contributed by atoms with Crippen LogP contribution in [-0.4, -0.2) is 35.8 Å². The summed E-state index contributed by atoms with van der Waals surface area (Å²) in [6.45, 7) is -2.71. The molecule has 0 saturated carbocycles. The molecule has 0 aliphatic rings. The van der Waals surface area contributed by atoms with Crippen molar-refractivity contribution in [2.75, 3.05) is 13.2 Å². The number of rotatable bonds is 8. The fourth-order valence-corrected chi connectivity index (χ4v) is 2.14. The van der Waals surface area contributed by atoms with E-state index in [1.165, 1.54) is 24.3 Å². The highest BCUT2D eigenvalue weighted by Gasteiger charge is 2.13. The lowest BCUT2D eigenvalue weighted by Gasteiger charge is -2.15. The summed E-state index contributed by atoms with van der Waals surface area (Å²) in [4.78, 5) is 16.2. The van der Waals surface area contributed by atoms with Crippen molar-refractivity contribution in [1.29, 1.82) is 0 Å². The van der Waals surface area contributed by atoms with Crippen LogP contribution in [0, 0.1) is 5.92 Å². The molecule has 2 N–H and O–H groups in total. The summed E-state index contributed by atoms with van der Waals surface area (Å²) < 4.78 is 28.4. The van der Waals surface area contributed by atoms with Gasteiger partial charge in [-0.1, -0.05) is 6.07 Å². The molecule has 2 aromatic rings. The Bertz CT molecular complexity index is 636. The van der Waals surface area contributed by atoms with Gasteiger partial charge in [0.05, 0.1) is 0 Å². The van der Waals surface area contributed by atoms with E-state index < -0.39 is 6.61 Å². The number of nitrogens with one attached hydrogen (secondary N) is 1. The average molecular weight is 336 g/mol. The third kappa shape index (κ3) is 5.58. The zero-order valence-electron chi connectivity index (χ0n) is 12.9. The van der Waals surface area contributed by atoms with Gasteiger partial charge in [-0.05, 0) is 42.8 Å². The van der Waals surface area contributed by atoms with E-state index in [0.29, 0.717) is 12.0 Å². The number of aliphatic hydroxyl groups is 1. The smallest absolute Gasteiger partial charge is 0.387 e. The molecular formula is C17H18F2N2O3. The molecule has 1 heterocycles. The molecule has 0 aliphatic carbocycles. The lowest BCUT2D eigenvalue weighted by atomic mass is 10.0. The molecule has 1 unspecified atom stereocenters. The Balaban J connectivity index is 1.86. The Morgan fingerprint density at radius 1 is 1.21 bits per heavy atom. The van der Waals surface area contributed by atoms with Gasteiger partial charge in [0, 0.05) is 36.5 Å². The Morgan fingerprint density at radius 2 is 1.96 bits per heavy atom. The van der Waals surface area contributed by atoms with Gasteiger partial charge in [-0.2, -0.15) is 8.78 Å². The zero-order valence-corrected chi connectivity index (χ0v) is 12.9. The van der Waals surface area contributed by atoms with Crippen LogP contribution < -0.4 is 10.1 Å². The van der Waals surface area contributed by atoms with Crippen molar-refractivity contribution in [3.8, 4) is 5.75 Å². The van der Waals surface area contributed by atoms with Crippen molar-refractivity contribution in [1.82, 2.24) is 10.3 Å². The number of alkyl halides is 2. The SMILES string of the molecule is O=C(NCC(CO)Cc1ccccn1)c1ccc(OC(F)F)cc1. The molecule has 0 radical (unpaired) electrons. The average Bonchev–Trinajstić information content (AvgIpc) is 2.59. The Hall–Kier alpha value is -2.54. The van der Waals surface area contributed by atoms with Crippen molar-refractivity contribution in [3.63, 3.8) is 0 Å². The van der Waals surface area contributed by atoms with Gasteiger partial charge in [0.25, 0.3) is 5.91 Å². The maximum Gasteiger partial charge on any atom is 0.387 e. The molecule has 1 atom stereocenters. The quantitative estimate of drug-likeness (QED) is 0.776. The summed E-state index contributed by atoms with van der Waals surface area (Å²) in [5.41, 5.74) is 1.16. The third-order valence-electron chi connectivity index (χ3n) is 3.38.